The van der Waals surface area contributed by atoms with Gasteiger partial charge in [0.1, 0.15) is 13.2 Å². The average Bonchev–Trinajstić information content (AvgIpc) is 3.08. The van der Waals surface area contributed by atoms with Gasteiger partial charge in [-0.1, -0.05) is 12.1 Å². The van der Waals surface area contributed by atoms with E-state index in [0.717, 1.165) is 38.8 Å². The standard InChI is InChI=1S/C21H30N4O3/c1-15-3-2-4-17(13-15)24-9-7-16(8-10-24)22-18-5-6-19(18)23-20(26)14-25-11-12-28-21(25)27/h2-4,13,16,18-19,22H,5-12,14H2,1H3,(H,23,26)/t18-,19+/m1/s1. The maximum Gasteiger partial charge on any atom is 0.410 e. The average molecular weight is 386 g/mol. The first kappa shape index (κ1) is 19.1. The fourth-order valence-corrected chi connectivity index (χ4v) is 4.30. The molecule has 3 fully saturated rings. The third-order valence-electron chi connectivity index (χ3n) is 6.11. The van der Waals surface area contributed by atoms with Gasteiger partial charge in [0.25, 0.3) is 0 Å². The number of nitrogens with one attached hydrogen (secondary N) is 2. The molecule has 152 valence electrons. The van der Waals surface area contributed by atoms with Gasteiger partial charge < -0.3 is 20.3 Å². The number of carbonyl (C=O) groups excluding carboxylic acids is 2. The van der Waals surface area contributed by atoms with Crippen molar-refractivity contribution in [3.05, 3.63) is 29.8 Å². The van der Waals surface area contributed by atoms with Crippen LogP contribution < -0.4 is 15.5 Å². The zero-order valence-electron chi connectivity index (χ0n) is 16.5. The molecule has 2 amide bonds. The third-order valence-corrected chi connectivity index (χ3v) is 6.11. The first-order valence-corrected chi connectivity index (χ1v) is 10.4. The summed E-state index contributed by atoms with van der Waals surface area (Å²) in [6.07, 6.45) is 3.93. The number of amides is 2. The van der Waals surface area contributed by atoms with E-state index >= 15 is 0 Å². The van der Waals surface area contributed by atoms with Gasteiger partial charge in [-0.3, -0.25) is 9.69 Å². The second-order valence-electron chi connectivity index (χ2n) is 8.16. The Morgan fingerprint density at radius 1 is 1.14 bits per heavy atom. The number of piperidine rings is 1. The molecule has 2 atom stereocenters. The van der Waals surface area contributed by atoms with Crippen molar-refractivity contribution in [3.8, 4) is 0 Å². The van der Waals surface area contributed by atoms with Gasteiger partial charge in [-0.05, 0) is 50.3 Å². The number of hydrogen-bond acceptors (Lipinski definition) is 5. The van der Waals surface area contributed by atoms with Crippen LogP contribution in [0.15, 0.2) is 24.3 Å². The van der Waals surface area contributed by atoms with Crippen molar-refractivity contribution in [2.24, 2.45) is 0 Å². The molecule has 28 heavy (non-hydrogen) atoms. The molecule has 3 aliphatic rings. The summed E-state index contributed by atoms with van der Waals surface area (Å²) in [6, 6.07) is 9.70. The highest BCUT2D eigenvalue weighted by Gasteiger charge is 2.35. The molecule has 1 aromatic carbocycles. The molecule has 2 N–H and O–H groups in total. The van der Waals surface area contributed by atoms with Crippen LogP contribution in [-0.2, 0) is 9.53 Å². The number of nitrogens with zero attached hydrogens (tertiary/aromatic N) is 2. The van der Waals surface area contributed by atoms with Crippen LogP contribution in [-0.4, -0.2) is 67.8 Å². The van der Waals surface area contributed by atoms with Gasteiger partial charge in [-0.2, -0.15) is 0 Å². The topological polar surface area (TPSA) is 73.9 Å². The number of anilines is 1. The van der Waals surface area contributed by atoms with E-state index < -0.39 is 0 Å². The first-order valence-electron chi connectivity index (χ1n) is 10.4. The summed E-state index contributed by atoms with van der Waals surface area (Å²) in [5.74, 6) is -0.0929. The summed E-state index contributed by atoms with van der Waals surface area (Å²) in [5.41, 5.74) is 2.61. The Morgan fingerprint density at radius 2 is 1.93 bits per heavy atom. The van der Waals surface area contributed by atoms with Gasteiger partial charge in [0.05, 0.1) is 6.54 Å². The lowest BCUT2D eigenvalue weighted by atomic mass is 9.85. The predicted molar refractivity (Wildman–Crippen MR) is 107 cm³/mol. The number of benzene rings is 1. The second kappa shape index (κ2) is 8.39. The summed E-state index contributed by atoms with van der Waals surface area (Å²) >= 11 is 0. The summed E-state index contributed by atoms with van der Waals surface area (Å²) in [4.78, 5) is 27.6. The Bertz CT molecular complexity index is 717. The number of hydrogen-bond donors (Lipinski definition) is 2. The molecule has 7 heteroatoms. The van der Waals surface area contributed by atoms with Crippen molar-refractivity contribution < 1.29 is 14.3 Å². The molecular weight excluding hydrogens is 356 g/mol. The molecular formula is C21H30N4O3. The Hall–Kier alpha value is -2.28. The van der Waals surface area contributed by atoms with Crippen LogP contribution in [0.3, 0.4) is 0 Å². The summed E-state index contributed by atoms with van der Waals surface area (Å²) in [6.45, 7) is 5.22. The van der Waals surface area contributed by atoms with Gasteiger partial charge in [0.2, 0.25) is 5.91 Å². The fourth-order valence-electron chi connectivity index (χ4n) is 4.30. The Labute approximate surface area is 166 Å². The van der Waals surface area contributed by atoms with E-state index in [2.05, 4.69) is 46.7 Å². The molecule has 1 saturated carbocycles. The van der Waals surface area contributed by atoms with Crippen LogP contribution in [0.2, 0.25) is 0 Å². The zero-order chi connectivity index (χ0) is 19.5. The molecule has 0 bridgehead atoms. The maximum atomic E-state index is 12.2. The predicted octanol–water partition coefficient (Wildman–Crippen LogP) is 1.65. The highest BCUT2D eigenvalue weighted by molar-refractivity contribution is 5.83. The minimum absolute atomic E-state index is 0.0929. The van der Waals surface area contributed by atoms with Crippen molar-refractivity contribution in [2.75, 3.05) is 37.7 Å². The largest absolute Gasteiger partial charge is 0.448 e. The van der Waals surface area contributed by atoms with Crippen molar-refractivity contribution in [1.29, 1.82) is 0 Å². The SMILES string of the molecule is Cc1cccc(N2CCC(N[C@@H]3CC[C@@H]3NC(=O)CN3CCOC3=O)CC2)c1. The molecule has 0 unspecified atom stereocenters. The number of carbonyl (C=O) groups is 2. The van der Waals surface area contributed by atoms with E-state index in [1.54, 1.807) is 0 Å². The van der Waals surface area contributed by atoms with Gasteiger partial charge in [0, 0.05) is 36.9 Å². The Morgan fingerprint density at radius 3 is 2.57 bits per heavy atom. The Balaban J connectivity index is 1.20. The lowest BCUT2D eigenvalue weighted by Gasteiger charge is -2.42. The smallest absolute Gasteiger partial charge is 0.410 e. The molecule has 0 radical (unpaired) electrons. The molecule has 1 aliphatic carbocycles. The first-order chi connectivity index (χ1) is 13.6. The fraction of sp³-hybridized carbons (Fsp3) is 0.619. The second-order valence-corrected chi connectivity index (χ2v) is 8.16. The molecule has 2 heterocycles. The Kier molecular flexibility index (Phi) is 5.71. The molecule has 1 aromatic rings. The number of rotatable bonds is 6. The van der Waals surface area contributed by atoms with E-state index in [9.17, 15) is 9.59 Å². The molecule has 4 rings (SSSR count). The van der Waals surface area contributed by atoms with Crippen LogP contribution in [0.5, 0.6) is 0 Å². The summed E-state index contributed by atoms with van der Waals surface area (Å²) < 4.78 is 4.87. The van der Waals surface area contributed by atoms with Crippen LogP contribution in [0.25, 0.3) is 0 Å². The molecule has 2 saturated heterocycles. The van der Waals surface area contributed by atoms with Crippen molar-refractivity contribution in [2.45, 2.75) is 50.7 Å². The normalized spacial score (nSPS) is 25.4. The highest BCUT2D eigenvalue weighted by atomic mass is 16.6. The third kappa shape index (κ3) is 4.41. The van der Waals surface area contributed by atoms with Crippen LogP contribution in [0, 0.1) is 6.92 Å². The van der Waals surface area contributed by atoms with Crippen molar-refractivity contribution in [1.82, 2.24) is 15.5 Å². The maximum absolute atomic E-state index is 12.2. The van der Waals surface area contributed by atoms with Crippen molar-refractivity contribution in [3.63, 3.8) is 0 Å². The number of ether oxygens (including phenoxy) is 1. The summed E-state index contributed by atoms with van der Waals surface area (Å²) in [5, 5.41) is 6.83. The zero-order valence-corrected chi connectivity index (χ0v) is 16.5. The van der Waals surface area contributed by atoms with E-state index in [0.29, 0.717) is 25.2 Å². The number of cyclic esters (lactones) is 1. The quantitative estimate of drug-likeness (QED) is 0.778. The lowest BCUT2D eigenvalue weighted by Crippen LogP contribution is -2.61. The van der Waals surface area contributed by atoms with Crippen LogP contribution in [0.1, 0.15) is 31.2 Å². The number of aryl methyl sites for hydroxylation is 1. The van der Waals surface area contributed by atoms with Gasteiger partial charge in [-0.25, -0.2) is 4.79 Å². The van der Waals surface area contributed by atoms with Crippen LogP contribution >= 0.6 is 0 Å². The van der Waals surface area contributed by atoms with Gasteiger partial charge in [0.15, 0.2) is 0 Å². The minimum atomic E-state index is -0.390. The molecule has 0 spiro atoms. The van der Waals surface area contributed by atoms with Crippen molar-refractivity contribution >= 4 is 17.7 Å². The lowest BCUT2D eigenvalue weighted by molar-refractivity contribution is -0.123. The highest BCUT2D eigenvalue weighted by Crippen LogP contribution is 2.25. The van der Waals surface area contributed by atoms with E-state index in [4.69, 9.17) is 4.74 Å². The monoisotopic (exact) mass is 386 g/mol. The van der Waals surface area contributed by atoms with E-state index in [1.807, 2.05) is 0 Å². The molecule has 0 aromatic heterocycles. The van der Waals surface area contributed by atoms with Gasteiger partial charge in [-0.15, -0.1) is 0 Å². The van der Waals surface area contributed by atoms with Crippen LogP contribution in [0.4, 0.5) is 10.5 Å². The summed E-state index contributed by atoms with van der Waals surface area (Å²) in [7, 11) is 0. The minimum Gasteiger partial charge on any atom is -0.448 e. The molecule has 2 aliphatic heterocycles. The van der Waals surface area contributed by atoms with E-state index in [1.165, 1.54) is 16.2 Å². The van der Waals surface area contributed by atoms with E-state index in [-0.39, 0.29) is 24.6 Å². The van der Waals surface area contributed by atoms with Gasteiger partial charge >= 0.3 is 6.09 Å². The molecule has 7 nitrogen and oxygen atoms in total.